The van der Waals surface area contributed by atoms with Crippen LogP contribution >= 0.6 is 11.3 Å². The Balaban J connectivity index is 1.60. The van der Waals surface area contributed by atoms with Gasteiger partial charge < -0.3 is 15.1 Å². The molecule has 0 fully saturated rings. The van der Waals surface area contributed by atoms with E-state index in [0.717, 1.165) is 5.56 Å². The molecule has 3 aromatic heterocycles. The van der Waals surface area contributed by atoms with Crippen molar-refractivity contribution in [2.75, 3.05) is 5.32 Å². The van der Waals surface area contributed by atoms with E-state index >= 15 is 0 Å². The van der Waals surface area contributed by atoms with Gasteiger partial charge in [0, 0.05) is 18.5 Å². The zero-order valence-electron chi connectivity index (χ0n) is 13.8. The third kappa shape index (κ3) is 4.54. The molecule has 0 saturated heterocycles. The van der Waals surface area contributed by atoms with Gasteiger partial charge in [-0.25, -0.2) is 4.98 Å². The standard InChI is InChI=1S/C16H17N5O3S/c1-10-5-18-21(7-10)8-15(23)20-16-19-13(9-25-16)14-4-3-12(24-14)6-17-11(2)22/h3-5,7,9H,6,8H2,1-2H3,(H,17,22)(H,19,20,23). The second kappa shape index (κ2) is 7.31. The Kier molecular flexibility index (Phi) is 4.94. The number of amides is 2. The van der Waals surface area contributed by atoms with Crippen LogP contribution in [0.3, 0.4) is 0 Å². The number of carbonyl (C=O) groups is 2. The summed E-state index contributed by atoms with van der Waals surface area (Å²) >= 11 is 1.31. The van der Waals surface area contributed by atoms with Gasteiger partial charge in [0.05, 0.1) is 12.7 Å². The highest BCUT2D eigenvalue weighted by molar-refractivity contribution is 7.14. The summed E-state index contributed by atoms with van der Waals surface area (Å²) < 4.78 is 7.21. The predicted molar refractivity (Wildman–Crippen MR) is 92.9 cm³/mol. The Hall–Kier alpha value is -2.94. The zero-order valence-corrected chi connectivity index (χ0v) is 14.6. The van der Waals surface area contributed by atoms with Crippen molar-refractivity contribution in [3.8, 4) is 11.5 Å². The number of aromatic nitrogens is 3. The molecule has 0 aromatic carbocycles. The first-order valence-electron chi connectivity index (χ1n) is 7.57. The highest BCUT2D eigenvalue weighted by Gasteiger charge is 2.12. The molecule has 3 heterocycles. The number of hydrogen-bond acceptors (Lipinski definition) is 6. The van der Waals surface area contributed by atoms with Crippen molar-refractivity contribution in [1.82, 2.24) is 20.1 Å². The van der Waals surface area contributed by atoms with Gasteiger partial charge in [-0.2, -0.15) is 5.10 Å². The van der Waals surface area contributed by atoms with Gasteiger partial charge in [0.15, 0.2) is 10.9 Å². The number of nitrogens with one attached hydrogen (secondary N) is 2. The van der Waals surface area contributed by atoms with Gasteiger partial charge in [-0.1, -0.05) is 0 Å². The zero-order chi connectivity index (χ0) is 17.8. The number of anilines is 1. The number of hydrogen-bond donors (Lipinski definition) is 2. The van der Waals surface area contributed by atoms with Crippen molar-refractivity contribution in [2.45, 2.75) is 26.9 Å². The molecule has 0 unspecified atom stereocenters. The fraction of sp³-hybridized carbons (Fsp3) is 0.250. The minimum atomic E-state index is -0.199. The van der Waals surface area contributed by atoms with Gasteiger partial charge in [0.25, 0.3) is 0 Å². The van der Waals surface area contributed by atoms with Gasteiger partial charge in [0.1, 0.15) is 18.0 Å². The molecule has 3 rings (SSSR count). The monoisotopic (exact) mass is 359 g/mol. The molecule has 0 atom stereocenters. The fourth-order valence-electron chi connectivity index (χ4n) is 2.13. The molecule has 0 aliphatic heterocycles. The second-order valence-corrected chi connectivity index (χ2v) is 6.34. The highest BCUT2D eigenvalue weighted by Crippen LogP contribution is 2.26. The Morgan fingerprint density at radius 2 is 2.20 bits per heavy atom. The van der Waals surface area contributed by atoms with Crippen LogP contribution in [0.1, 0.15) is 18.2 Å². The third-order valence-electron chi connectivity index (χ3n) is 3.24. The SMILES string of the molecule is CC(=O)NCc1ccc(-c2csc(NC(=O)Cn3cc(C)cn3)n2)o1. The maximum Gasteiger partial charge on any atom is 0.247 e. The largest absolute Gasteiger partial charge is 0.458 e. The van der Waals surface area contributed by atoms with E-state index in [-0.39, 0.29) is 18.4 Å². The van der Waals surface area contributed by atoms with Crippen molar-refractivity contribution in [2.24, 2.45) is 0 Å². The lowest BCUT2D eigenvalue weighted by Crippen LogP contribution is -2.18. The van der Waals surface area contributed by atoms with E-state index in [9.17, 15) is 9.59 Å². The number of rotatable bonds is 6. The molecule has 0 saturated carbocycles. The summed E-state index contributed by atoms with van der Waals surface area (Å²) in [5.41, 5.74) is 1.63. The van der Waals surface area contributed by atoms with Crippen molar-refractivity contribution in [3.05, 3.63) is 41.2 Å². The number of nitrogens with zero attached hydrogens (tertiary/aromatic N) is 3. The highest BCUT2D eigenvalue weighted by atomic mass is 32.1. The van der Waals surface area contributed by atoms with Gasteiger partial charge >= 0.3 is 0 Å². The van der Waals surface area contributed by atoms with Gasteiger partial charge in [-0.15, -0.1) is 11.3 Å². The van der Waals surface area contributed by atoms with Crippen LogP contribution in [0.5, 0.6) is 0 Å². The summed E-state index contributed by atoms with van der Waals surface area (Å²) in [4.78, 5) is 27.3. The predicted octanol–water partition coefficient (Wildman–Crippen LogP) is 2.18. The third-order valence-corrected chi connectivity index (χ3v) is 4.00. The number of thiazole rings is 1. The average Bonchev–Trinajstić information content (AvgIpc) is 3.26. The Morgan fingerprint density at radius 1 is 1.36 bits per heavy atom. The lowest BCUT2D eigenvalue weighted by atomic mass is 10.3. The van der Waals surface area contributed by atoms with E-state index in [1.54, 1.807) is 34.6 Å². The lowest BCUT2D eigenvalue weighted by molar-refractivity contribution is -0.119. The van der Waals surface area contributed by atoms with Crippen LogP contribution in [0.15, 0.2) is 34.3 Å². The first kappa shape index (κ1) is 16.9. The molecule has 0 spiro atoms. The molecule has 9 heteroatoms. The van der Waals surface area contributed by atoms with Crippen molar-refractivity contribution < 1.29 is 14.0 Å². The van der Waals surface area contributed by atoms with Crippen LogP contribution in [0, 0.1) is 6.92 Å². The van der Waals surface area contributed by atoms with Gasteiger partial charge in [-0.05, 0) is 24.6 Å². The molecule has 2 amide bonds. The Bertz CT molecular complexity index is 895. The van der Waals surface area contributed by atoms with Gasteiger partial charge in [0.2, 0.25) is 11.8 Å². The summed E-state index contributed by atoms with van der Waals surface area (Å²) in [5, 5.41) is 11.8. The molecule has 130 valence electrons. The quantitative estimate of drug-likeness (QED) is 0.702. The van der Waals surface area contributed by atoms with Crippen molar-refractivity contribution >= 4 is 28.3 Å². The smallest absolute Gasteiger partial charge is 0.247 e. The fourth-order valence-corrected chi connectivity index (χ4v) is 2.84. The summed E-state index contributed by atoms with van der Waals surface area (Å²) in [6.45, 7) is 3.82. The summed E-state index contributed by atoms with van der Waals surface area (Å²) in [6.07, 6.45) is 3.50. The summed E-state index contributed by atoms with van der Waals surface area (Å²) in [7, 11) is 0. The summed E-state index contributed by atoms with van der Waals surface area (Å²) in [5.74, 6) is 0.899. The van der Waals surface area contributed by atoms with Crippen LogP contribution in [0.4, 0.5) is 5.13 Å². The van der Waals surface area contributed by atoms with E-state index < -0.39 is 0 Å². The van der Waals surface area contributed by atoms with E-state index in [1.165, 1.54) is 18.3 Å². The molecular weight excluding hydrogens is 342 g/mol. The minimum absolute atomic E-state index is 0.121. The Morgan fingerprint density at radius 3 is 2.92 bits per heavy atom. The summed E-state index contributed by atoms with van der Waals surface area (Å²) in [6, 6.07) is 3.56. The lowest BCUT2D eigenvalue weighted by Gasteiger charge is -2.01. The topological polar surface area (TPSA) is 102 Å². The minimum Gasteiger partial charge on any atom is -0.458 e. The van der Waals surface area contributed by atoms with Crippen LogP contribution in [0.2, 0.25) is 0 Å². The van der Waals surface area contributed by atoms with Crippen LogP contribution in [0.25, 0.3) is 11.5 Å². The molecule has 0 aliphatic carbocycles. The van der Waals surface area contributed by atoms with Crippen LogP contribution in [-0.4, -0.2) is 26.6 Å². The van der Waals surface area contributed by atoms with Crippen LogP contribution < -0.4 is 10.6 Å². The molecule has 25 heavy (non-hydrogen) atoms. The number of furan rings is 1. The van der Waals surface area contributed by atoms with Crippen molar-refractivity contribution in [3.63, 3.8) is 0 Å². The molecule has 0 aliphatic rings. The molecule has 3 aromatic rings. The second-order valence-electron chi connectivity index (χ2n) is 5.48. The Labute approximate surface area is 147 Å². The maximum absolute atomic E-state index is 12.0. The normalized spacial score (nSPS) is 10.6. The van der Waals surface area contributed by atoms with Crippen molar-refractivity contribution in [1.29, 1.82) is 0 Å². The van der Waals surface area contributed by atoms with E-state index in [0.29, 0.717) is 28.9 Å². The molecule has 0 bridgehead atoms. The first-order valence-corrected chi connectivity index (χ1v) is 8.45. The molecule has 0 radical (unpaired) electrons. The maximum atomic E-state index is 12.0. The van der Waals surface area contributed by atoms with Crippen LogP contribution in [-0.2, 0) is 22.7 Å². The number of carbonyl (C=O) groups excluding carboxylic acids is 2. The van der Waals surface area contributed by atoms with E-state index in [1.807, 2.05) is 6.92 Å². The van der Waals surface area contributed by atoms with E-state index in [2.05, 4.69) is 20.7 Å². The molecular formula is C16H17N5O3S. The van der Waals surface area contributed by atoms with E-state index in [4.69, 9.17) is 4.42 Å². The first-order chi connectivity index (χ1) is 12.0. The molecule has 2 N–H and O–H groups in total. The molecule has 8 nitrogen and oxygen atoms in total. The van der Waals surface area contributed by atoms with Gasteiger partial charge in [-0.3, -0.25) is 14.3 Å². The number of aryl methyl sites for hydroxylation is 1. The average molecular weight is 359 g/mol.